The molecule has 0 spiro atoms. The number of rotatable bonds is 10. The molecule has 4 heterocycles. The molecule has 0 atom stereocenters. The molecule has 12 nitrogen and oxygen atoms in total. The van der Waals surface area contributed by atoms with Gasteiger partial charge in [0.2, 0.25) is 10.0 Å². The Hall–Kier alpha value is -4.20. The van der Waals surface area contributed by atoms with Gasteiger partial charge < -0.3 is 19.9 Å². The monoisotopic (exact) mass is 718 g/mol. The summed E-state index contributed by atoms with van der Waals surface area (Å²) >= 11 is 0. The van der Waals surface area contributed by atoms with E-state index < -0.39 is 10.0 Å². The zero-order chi connectivity index (χ0) is 36.6. The molecule has 2 aliphatic rings. The lowest BCUT2D eigenvalue weighted by Gasteiger charge is -2.37. The number of imidazole rings is 1. The van der Waals surface area contributed by atoms with Crippen LogP contribution in [-0.4, -0.2) is 77.4 Å². The van der Waals surface area contributed by atoms with Gasteiger partial charge in [-0.2, -0.15) is 0 Å². The molecule has 2 fully saturated rings. The van der Waals surface area contributed by atoms with Crippen LogP contribution in [0.4, 0.5) is 5.69 Å². The zero-order valence-corrected chi connectivity index (χ0v) is 31.4. The number of hydrogen-bond acceptors (Lipinski definition) is 7. The average Bonchev–Trinajstić information content (AvgIpc) is 3.37. The Labute approximate surface area is 299 Å². The van der Waals surface area contributed by atoms with E-state index in [9.17, 15) is 22.8 Å². The summed E-state index contributed by atoms with van der Waals surface area (Å²) in [7, 11) is -1.54. The quantitative estimate of drug-likeness (QED) is 0.246. The lowest BCUT2D eigenvalue weighted by molar-refractivity contribution is 0.0846. The summed E-state index contributed by atoms with van der Waals surface area (Å²) in [5.74, 6) is -0.216. The highest BCUT2D eigenvalue weighted by atomic mass is 32.2. The summed E-state index contributed by atoms with van der Waals surface area (Å²) in [5.41, 5.74) is 7.35. The summed E-state index contributed by atoms with van der Waals surface area (Å²) in [4.78, 5) is 45.6. The SMILES string of the molecule is CCN(c1cc(-c2ccc3c(c2)n(C2CCN(S(=O)(=O)CC)CC2)c(=O)n3C)cc(C(=O)NCc2c(C)cc(C)[nH]c2=O)c1C)C1CCOCC1. The van der Waals surface area contributed by atoms with Gasteiger partial charge >= 0.3 is 5.69 Å². The van der Waals surface area contributed by atoms with E-state index in [1.165, 1.54) is 4.31 Å². The fourth-order valence-corrected chi connectivity index (χ4v) is 8.98. The number of aromatic nitrogens is 3. The van der Waals surface area contributed by atoms with Crippen molar-refractivity contribution < 1.29 is 17.9 Å². The number of piperidine rings is 1. The van der Waals surface area contributed by atoms with Crippen LogP contribution in [-0.2, 0) is 28.4 Å². The molecular weight excluding hydrogens is 669 g/mol. The summed E-state index contributed by atoms with van der Waals surface area (Å²) in [6, 6.07) is 12.0. The highest BCUT2D eigenvalue weighted by Crippen LogP contribution is 2.36. The molecule has 13 heteroatoms. The van der Waals surface area contributed by atoms with Crippen molar-refractivity contribution in [3.63, 3.8) is 0 Å². The number of pyridine rings is 1. The zero-order valence-electron chi connectivity index (χ0n) is 30.5. The van der Waals surface area contributed by atoms with Gasteiger partial charge in [0.25, 0.3) is 11.5 Å². The molecule has 0 bridgehead atoms. The maximum Gasteiger partial charge on any atom is 0.329 e. The third-order valence-electron chi connectivity index (χ3n) is 10.8. The van der Waals surface area contributed by atoms with Crippen LogP contribution in [0.5, 0.6) is 0 Å². The Kier molecular flexibility index (Phi) is 10.6. The van der Waals surface area contributed by atoms with Crippen molar-refractivity contribution >= 4 is 32.7 Å². The Morgan fingerprint density at radius 1 is 0.961 bits per heavy atom. The topological polar surface area (TPSA) is 139 Å². The highest BCUT2D eigenvalue weighted by molar-refractivity contribution is 7.89. The van der Waals surface area contributed by atoms with Crippen LogP contribution in [0, 0.1) is 20.8 Å². The molecule has 6 rings (SSSR count). The maximum atomic E-state index is 14.0. The van der Waals surface area contributed by atoms with Crippen molar-refractivity contribution in [2.24, 2.45) is 7.05 Å². The van der Waals surface area contributed by atoms with Crippen molar-refractivity contribution in [3.8, 4) is 11.1 Å². The smallest absolute Gasteiger partial charge is 0.329 e. The molecule has 2 aliphatic heterocycles. The van der Waals surface area contributed by atoms with Crippen molar-refractivity contribution in [1.82, 2.24) is 23.7 Å². The lowest BCUT2D eigenvalue weighted by Crippen LogP contribution is -2.41. The molecule has 2 aromatic carbocycles. The first-order valence-electron chi connectivity index (χ1n) is 18.0. The second-order valence-electron chi connectivity index (χ2n) is 13.9. The minimum Gasteiger partial charge on any atom is -0.381 e. The van der Waals surface area contributed by atoms with E-state index in [2.05, 4.69) is 28.2 Å². The molecule has 274 valence electrons. The number of ether oxygens (including phenoxy) is 1. The number of aromatic amines is 1. The molecule has 2 saturated heterocycles. The second-order valence-corrected chi connectivity index (χ2v) is 16.1. The Morgan fingerprint density at radius 3 is 2.31 bits per heavy atom. The van der Waals surface area contributed by atoms with Gasteiger partial charge in [-0.1, -0.05) is 6.07 Å². The summed E-state index contributed by atoms with van der Waals surface area (Å²) < 4.78 is 35.7. The Balaban J connectivity index is 1.42. The molecule has 0 radical (unpaired) electrons. The molecule has 2 N–H and O–H groups in total. The van der Waals surface area contributed by atoms with Crippen LogP contribution in [0.25, 0.3) is 22.2 Å². The first-order chi connectivity index (χ1) is 24.3. The number of anilines is 1. The van der Waals surface area contributed by atoms with Crippen LogP contribution < -0.4 is 21.5 Å². The number of carbonyl (C=O) groups excluding carboxylic acids is 1. The minimum atomic E-state index is -3.30. The third-order valence-corrected chi connectivity index (χ3v) is 12.7. The molecule has 0 saturated carbocycles. The van der Waals surface area contributed by atoms with Gasteiger partial charge in [-0.3, -0.25) is 18.7 Å². The van der Waals surface area contributed by atoms with Gasteiger partial charge in [0.15, 0.2) is 0 Å². The Bertz CT molecular complexity index is 2170. The molecule has 4 aromatic rings. The van der Waals surface area contributed by atoms with Crippen molar-refractivity contribution in [1.29, 1.82) is 0 Å². The number of nitrogens with zero attached hydrogens (tertiary/aromatic N) is 4. The van der Waals surface area contributed by atoms with Crippen LogP contribution in [0.2, 0.25) is 0 Å². The van der Waals surface area contributed by atoms with Gasteiger partial charge in [-0.25, -0.2) is 17.5 Å². The first kappa shape index (κ1) is 36.6. The van der Waals surface area contributed by atoms with E-state index in [0.717, 1.165) is 64.1 Å². The highest BCUT2D eigenvalue weighted by Gasteiger charge is 2.30. The van der Waals surface area contributed by atoms with Crippen LogP contribution in [0.1, 0.15) is 78.3 Å². The van der Waals surface area contributed by atoms with Crippen LogP contribution >= 0.6 is 0 Å². The number of fused-ring (bicyclic) bond motifs is 1. The van der Waals surface area contributed by atoms with Crippen molar-refractivity contribution in [2.45, 2.75) is 78.9 Å². The fraction of sp³-hybridized carbons (Fsp3) is 0.500. The van der Waals surface area contributed by atoms with Crippen LogP contribution in [0.3, 0.4) is 0 Å². The number of sulfonamides is 1. The number of nitrogens with one attached hydrogen (secondary N) is 2. The normalized spacial score (nSPS) is 16.5. The van der Waals surface area contributed by atoms with Crippen LogP contribution in [0.15, 0.2) is 46.0 Å². The number of amides is 1. The van der Waals surface area contributed by atoms with Crippen molar-refractivity contribution in [2.75, 3.05) is 43.5 Å². The largest absolute Gasteiger partial charge is 0.381 e. The average molecular weight is 719 g/mol. The lowest BCUT2D eigenvalue weighted by atomic mass is 9.95. The number of aryl methyl sites for hydroxylation is 3. The number of carbonyl (C=O) groups is 1. The predicted molar refractivity (Wildman–Crippen MR) is 201 cm³/mol. The number of benzene rings is 2. The molecular formula is C38H50N6O6S. The standard InChI is InChI=1S/C38H50N6O6S/c1-7-43(29-13-17-50-18-14-29)34-22-28(20-31(26(34)5)36(45)39-23-32-24(3)19-25(4)40-37(32)46)27-9-10-33-35(21-27)44(38(47)41(33)6)30-11-15-42(16-12-30)51(48,49)8-2/h9-10,19-22,29-30H,7-8,11-18,23H2,1-6H3,(H,39,45)(H,40,46). The van der Waals surface area contributed by atoms with Gasteiger partial charge in [-0.15, -0.1) is 0 Å². The predicted octanol–water partition coefficient (Wildman–Crippen LogP) is 4.54. The summed E-state index contributed by atoms with van der Waals surface area (Å²) in [6.45, 7) is 12.4. The van der Waals surface area contributed by atoms with E-state index in [0.29, 0.717) is 50.3 Å². The second kappa shape index (κ2) is 14.8. The van der Waals surface area contributed by atoms with Gasteiger partial charge in [0.1, 0.15) is 0 Å². The molecule has 0 unspecified atom stereocenters. The molecule has 0 aliphatic carbocycles. The summed E-state index contributed by atoms with van der Waals surface area (Å²) in [5, 5.41) is 3.02. The van der Waals surface area contributed by atoms with E-state index >= 15 is 0 Å². The number of H-pyrrole nitrogens is 1. The fourth-order valence-electron chi connectivity index (χ4n) is 7.85. The van der Waals surface area contributed by atoms with Gasteiger partial charge in [0.05, 0.1) is 16.8 Å². The van der Waals surface area contributed by atoms with Gasteiger partial charge in [-0.05, 0) is 113 Å². The maximum absolute atomic E-state index is 14.0. The van der Waals surface area contributed by atoms with Crippen molar-refractivity contribution in [3.05, 3.63) is 85.2 Å². The molecule has 1 amide bonds. The third kappa shape index (κ3) is 7.16. The summed E-state index contributed by atoms with van der Waals surface area (Å²) in [6.07, 6.45) is 2.85. The first-order valence-corrected chi connectivity index (χ1v) is 19.6. The Morgan fingerprint density at radius 2 is 1.67 bits per heavy atom. The molecule has 51 heavy (non-hydrogen) atoms. The molecule has 2 aromatic heterocycles. The minimum absolute atomic E-state index is 0.0572. The van der Waals surface area contributed by atoms with E-state index in [4.69, 9.17) is 4.74 Å². The van der Waals surface area contributed by atoms with E-state index in [1.807, 2.05) is 55.7 Å². The van der Waals surface area contributed by atoms with E-state index in [-0.39, 0.29) is 41.5 Å². The van der Waals surface area contributed by atoms with Gasteiger partial charge in [0, 0.05) is 81.0 Å². The van der Waals surface area contributed by atoms with E-state index in [1.54, 1.807) is 18.5 Å². The number of hydrogen-bond donors (Lipinski definition) is 2.